The van der Waals surface area contributed by atoms with Crippen LogP contribution in [0.1, 0.15) is 30.5 Å². The van der Waals surface area contributed by atoms with Crippen LogP contribution in [-0.4, -0.2) is 42.7 Å². The smallest absolute Gasteiger partial charge is 0.413 e. The highest BCUT2D eigenvalue weighted by Crippen LogP contribution is 2.38. The van der Waals surface area contributed by atoms with Crippen LogP contribution < -0.4 is 4.90 Å². The minimum Gasteiger partial charge on any atom is -0.452 e. The van der Waals surface area contributed by atoms with Gasteiger partial charge in [-0.15, -0.1) is 0 Å². The summed E-state index contributed by atoms with van der Waals surface area (Å²) in [5.41, 5.74) is 4.22. The van der Waals surface area contributed by atoms with Gasteiger partial charge in [-0.3, -0.25) is 14.8 Å². The summed E-state index contributed by atoms with van der Waals surface area (Å²) < 4.78 is 4.97. The zero-order valence-corrected chi connectivity index (χ0v) is 14.3. The van der Waals surface area contributed by atoms with E-state index in [-0.39, 0.29) is 6.09 Å². The third kappa shape index (κ3) is 2.44. The van der Waals surface area contributed by atoms with Crippen LogP contribution in [0.15, 0.2) is 24.3 Å². The number of hydrogen-bond acceptors (Lipinski definition) is 4. The molecule has 1 aromatic carbocycles. The van der Waals surface area contributed by atoms with Gasteiger partial charge in [-0.25, -0.2) is 4.79 Å². The van der Waals surface area contributed by atoms with Crippen molar-refractivity contribution in [1.82, 2.24) is 9.88 Å². The molecule has 126 valence electrons. The van der Waals surface area contributed by atoms with Gasteiger partial charge in [-0.1, -0.05) is 24.6 Å². The summed E-state index contributed by atoms with van der Waals surface area (Å²) in [7, 11) is 3.21. The van der Waals surface area contributed by atoms with Crippen LogP contribution in [0.2, 0.25) is 0 Å². The second-order valence-electron chi connectivity index (χ2n) is 6.76. The highest BCUT2D eigenvalue weighted by molar-refractivity contribution is 6.01. The van der Waals surface area contributed by atoms with E-state index in [1.54, 1.807) is 11.9 Å². The van der Waals surface area contributed by atoms with Crippen LogP contribution in [0.5, 0.6) is 0 Å². The number of fused-ring (bicyclic) bond motifs is 3. The first-order valence-corrected chi connectivity index (χ1v) is 8.65. The predicted octanol–water partition coefficient (Wildman–Crippen LogP) is 3.35. The number of carbonyl (C=O) groups is 1. The fraction of sp³-hybridized carbons (Fsp3) is 0.474. The first-order chi connectivity index (χ1) is 11.7. The van der Waals surface area contributed by atoms with Crippen molar-refractivity contribution in [2.45, 2.75) is 38.3 Å². The predicted molar refractivity (Wildman–Crippen MR) is 94.3 cm³/mol. The molecule has 0 radical (unpaired) electrons. The number of amides is 1. The van der Waals surface area contributed by atoms with Crippen molar-refractivity contribution in [2.24, 2.45) is 0 Å². The number of para-hydroxylation sites is 1. The van der Waals surface area contributed by atoms with Gasteiger partial charge in [-0.2, -0.15) is 0 Å². The van der Waals surface area contributed by atoms with E-state index < -0.39 is 0 Å². The average molecular weight is 325 g/mol. The number of piperidine rings is 1. The van der Waals surface area contributed by atoms with Crippen molar-refractivity contribution < 1.29 is 9.53 Å². The van der Waals surface area contributed by atoms with E-state index in [1.165, 1.54) is 31.9 Å². The molecule has 1 atom stereocenters. The maximum Gasteiger partial charge on any atom is 0.413 e. The molecule has 2 aromatic rings. The molecule has 2 aliphatic rings. The van der Waals surface area contributed by atoms with Crippen LogP contribution in [0, 0.1) is 0 Å². The second kappa shape index (κ2) is 6.06. The number of benzene rings is 1. The largest absolute Gasteiger partial charge is 0.452 e. The van der Waals surface area contributed by atoms with Crippen LogP contribution >= 0.6 is 0 Å². The summed E-state index contributed by atoms with van der Waals surface area (Å²) in [5.74, 6) is 0. The van der Waals surface area contributed by atoms with Crippen LogP contribution in [0.4, 0.5) is 10.5 Å². The summed E-state index contributed by atoms with van der Waals surface area (Å²) >= 11 is 0. The molecule has 3 heterocycles. The standard InChI is InChI=1S/C19H23N3O2/c1-21(19(23)24-2)18-14-8-3-4-9-16(14)20-17-11-13-7-5-6-10-22(13)12-15(17)18/h3-4,8-9,13H,5-7,10-12H2,1-2H3. The highest BCUT2D eigenvalue weighted by atomic mass is 16.5. The fourth-order valence-electron chi connectivity index (χ4n) is 4.16. The number of anilines is 1. The Balaban J connectivity index is 1.90. The van der Waals surface area contributed by atoms with Crippen molar-refractivity contribution in [3.63, 3.8) is 0 Å². The van der Waals surface area contributed by atoms with Gasteiger partial charge in [0.1, 0.15) is 0 Å². The van der Waals surface area contributed by atoms with Gasteiger partial charge in [0.05, 0.1) is 18.3 Å². The third-order valence-corrected chi connectivity index (χ3v) is 5.37. The molecule has 0 bridgehead atoms. The maximum atomic E-state index is 12.2. The Morgan fingerprint density at radius 3 is 3.00 bits per heavy atom. The van der Waals surface area contributed by atoms with E-state index in [9.17, 15) is 4.79 Å². The number of carbonyl (C=O) groups excluding carboxylic acids is 1. The molecule has 1 amide bonds. The highest BCUT2D eigenvalue weighted by Gasteiger charge is 2.32. The quantitative estimate of drug-likeness (QED) is 0.807. The Kier molecular flexibility index (Phi) is 3.88. The molecule has 2 aliphatic heterocycles. The molecule has 1 saturated heterocycles. The summed E-state index contributed by atoms with van der Waals surface area (Å²) in [6.45, 7) is 2.01. The molecular weight excluding hydrogens is 302 g/mol. The van der Waals surface area contributed by atoms with E-state index >= 15 is 0 Å². The Hall–Kier alpha value is -2.14. The molecule has 1 unspecified atom stereocenters. The van der Waals surface area contributed by atoms with Crippen LogP contribution in [0.3, 0.4) is 0 Å². The number of aromatic nitrogens is 1. The van der Waals surface area contributed by atoms with Gasteiger partial charge in [0.2, 0.25) is 0 Å². The summed E-state index contributed by atoms with van der Waals surface area (Å²) in [5, 5.41) is 1.01. The molecule has 0 aliphatic carbocycles. The first-order valence-electron chi connectivity index (χ1n) is 8.65. The summed E-state index contributed by atoms with van der Waals surface area (Å²) in [6, 6.07) is 8.66. The van der Waals surface area contributed by atoms with Crippen molar-refractivity contribution in [3.05, 3.63) is 35.5 Å². The monoisotopic (exact) mass is 325 g/mol. The van der Waals surface area contributed by atoms with Gasteiger partial charge in [0, 0.05) is 42.7 Å². The molecule has 1 fully saturated rings. The Labute approximate surface area is 142 Å². The topological polar surface area (TPSA) is 45.7 Å². The van der Waals surface area contributed by atoms with E-state index in [1.807, 2.05) is 24.3 Å². The fourth-order valence-corrected chi connectivity index (χ4v) is 4.16. The molecule has 5 heteroatoms. The maximum absolute atomic E-state index is 12.2. The molecule has 24 heavy (non-hydrogen) atoms. The Morgan fingerprint density at radius 2 is 2.17 bits per heavy atom. The molecular formula is C19H23N3O2. The zero-order valence-electron chi connectivity index (χ0n) is 14.3. The van der Waals surface area contributed by atoms with Crippen LogP contribution in [0.25, 0.3) is 10.9 Å². The van der Waals surface area contributed by atoms with Crippen molar-refractivity contribution >= 4 is 22.7 Å². The minimum absolute atomic E-state index is 0.339. The molecule has 4 rings (SSSR count). The van der Waals surface area contributed by atoms with Gasteiger partial charge in [0.25, 0.3) is 0 Å². The van der Waals surface area contributed by atoms with Crippen molar-refractivity contribution in [1.29, 1.82) is 0 Å². The Bertz CT molecular complexity index is 790. The lowest BCUT2D eigenvalue weighted by Gasteiger charge is -2.41. The molecule has 1 aromatic heterocycles. The molecule has 0 saturated carbocycles. The number of ether oxygens (including phenoxy) is 1. The minimum atomic E-state index is -0.339. The van der Waals surface area contributed by atoms with Crippen LogP contribution in [-0.2, 0) is 17.7 Å². The number of methoxy groups -OCH3 is 1. The summed E-state index contributed by atoms with van der Waals surface area (Å²) in [6.07, 6.45) is 4.45. The third-order valence-electron chi connectivity index (χ3n) is 5.37. The van der Waals surface area contributed by atoms with Gasteiger partial charge in [-0.05, 0) is 25.5 Å². The van der Waals surface area contributed by atoms with Gasteiger partial charge in [0.15, 0.2) is 0 Å². The van der Waals surface area contributed by atoms with E-state index in [2.05, 4.69) is 4.90 Å². The SMILES string of the molecule is COC(=O)N(C)c1c2c(nc3ccccc13)CC1CCCCN1C2. The zero-order chi connectivity index (χ0) is 16.7. The number of pyridine rings is 1. The number of hydrogen-bond donors (Lipinski definition) is 0. The second-order valence-corrected chi connectivity index (χ2v) is 6.76. The molecule has 0 N–H and O–H groups in total. The normalized spacial score (nSPS) is 20.3. The summed E-state index contributed by atoms with van der Waals surface area (Å²) in [4.78, 5) is 21.3. The number of rotatable bonds is 1. The van der Waals surface area contributed by atoms with Crippen molar-refractivity contribution in [2.75, 3.05) is 25.6 Å². The van der Waals surface area contributed by atoms with Crippen molar-refractivity contribution in [3.8, 4) is 0 Å². The van der Waals surface area contributed by atoms with Gasteiger partial charge >= 0.3 is 6.09 Å². The molecule has 5 nitrogen and oxygen atoms in total. The van der Waals surface area contributed by atoms with Gasteiger partial charge < -0.3 is 4.74 Å². The Morgan fingerprint density at radius 1 is 1.33 bits per heavy atom. The van der Waals surface area contributed by atoms with E-state index in [0.29, 0.717) is 6.04 Å². The van der Waals surface area contributed by atoms with E-state index in [4.69, 9.17) is 9.72 Å². The lowest BCUT2D eigenvalue weighted by molar-refractivity contribution is 0.126. The molecule has 0 spiro atoms. The number of nitrogens with zero attached hydrogens (tertiary/aromatic N) is 3. The first kappa shape index (κ1) is 15.4. The lowest BCUT2D eigenvalue weighted by atomic mass is 9.89. The lowest BCUT2D eigenvalue weighted by Crippen LogP contribution is -2.44. The average Bonchev–Trinajstić information content (AvgIpc) is 2.63. The van der Waals surface area contributed by atoms with E-state index in [0.717, 1.165) is 41.8 Å².